The highest BCUT2D eigenvalue weighted by atomic mass is 35.5. The Morgan fingerprint density at radius 3 is 2.46 bits per heavy atom. The Morgan fingerprint density at radius 1 is 1.27 bits per heavy atom. The summed E-state index contributed by atoms with van der Waals surface area (Å²) in [6, 6.07) is 3.72. The smallest absolute Gasteiger partial charge is 0.416 e. The first-order valence-corrected chi connectivity index (χ1v) is 8.04. The molecule has 2 rings (SSSR count). The second kappa shape index (κ2) is 9.43. The molecule has 1 amide bonds. The third-order valence-electron chi connectivity index (χ3n) is 4.52. The van der Waals surface area contributed by atoms with E-state index < -0.39 is 17.2 Å². The molecule has 0 saturated carbocycles. The van der Waals surface area contributed by atoms with E-state index in [0.717, 1.165) is 6.07 Å². The van der Waals surface area contributed by atoms with Crippen LogP contribution in [0.2, 0.25) is 0 Å². The van der Waals surface area contributed by atoms with Gasteiger partial charge in [0.1, 0.15) is 5.75 Å². The normalized spacial score (nSPS) is 16.5. The van der Waals surface area contributed by atoms with Gasteiger partial charge in [-0.15, -0.1) is 12.4 Å². The predicted molar refractivity (Wildman–Crippen MR) is 93.5 cm³/mol. The number of rotatable bonds is 6. The lowest BCUT2D eigenvalue weighted by Gasteiger charge is -2.35. The van der Waals surface area contributed by atoms with Gasteiger partial charge in [0, 0.05) is 13.7 Å². The van der Waals surface area contributed by atoms with Crippen LogP contribution in [0.15, 0.2) is 18.2 Å². The summed E-state index contributed by atoms with van der Waals surface area (Å²) in [5, 5.41) is 5.83. The molecule has 9 heteroatoms. The highest BCUT2D eigenvalue weighted by Gasteiger charge is 2.40. The van der Waals surface area contributed by atoms with E-state index in [9.17, 15) is 18.0 Å². The van der Waals surface area contributed by atoms with E-state index in [4.69, 9.17) is 9.47 Å². The number of carbonyl (C=O) groups excluding carboxylic acids is 1. The van der Waals surface area contributed by atoms with Crippen molar-refractivity contribution in [3.05, 3.63) is 29.3 Å². The SMILES string of the molecule is COCC1(C(=O)NCc2ccc(OC)cc2C(F)(F)F)CCNCC1.Cl. The zero-order valence-electron chi connectivity index (χ0n) is 14.7. The number of ether oxygens (including phenoxy) is 2. The number of nitrogens with one attached hydrogen (secondary N) is 2. The number of methoxy groups -OCH3 is 2. The first kappa shape index (κ1) is 22.5. The average Bonchev–Trinajstić information content (AvgIpc) is 2.59. The van der Waals surface area contributed by atoms with Gasteiger partial charge >= 0.3 is 6.18 Å². The first-order chi connectivity index (χ1) is 11.8. The van der Waals surface area contributed by atoms with Crippen LogP contribution in [-0.2, 0) is 22.3 Å². The van der Waals surface area contributed by atoms with Gasteiger partial charge in [-0.05, 0) is 43.6 Å². The van der Waals surface area contributed by atoms with Crippen molar-refractivity contribution in [3.63, 3.8) is 0 Å². The van der Waals surface area contributed by atoms with Crippen LogP contribution in [0.1, 0.15) is 24.0 Å². The summed E-state index contributed by atoms with van der Waals surface area (Å²) in [6.07, 6.45) is -3.35. The fraction of sp³-hybridized carbons (Fsp3) is 0.588. The highest BCUT2D eigenvalue weighted by molar-refractivity contribution is 5.85. The zero-order chi connectivity index (χ0) is 18.5. The quantitative estimate of drug-likeness (QED) is 0.776. The lowest BCUT2D eigenvalue weighted by atomic mass is 9.78. The molecule has 1 aromatic rings. The molecule has 148 valence electrons. The summed E-state index contributed by atoms with van der Waals surface area (Å²) >= 11 is 0. The summed E-state index contributed by atoms with van der Waals surface area (Å²) in [6.45, 7) is 1.39. The molecule has 1 aromatic carbocycles. The van der Waals surface area contributed by atoms with Crippen molar-refractivity contribution in [2.45, 2.75) is 25.6 Å². The topological polar surface area (TPSA) is 59.6 Å². The third-order valence-corrected chi connectivity index (χ3v) is 4.52. The van der Waals surface area contributed by atoms with Crippen LogP contribution in [0, 0.1) is 5.41 Å². The molecule has 26 heavy (non-hydrogen) atoms. The van der Waals surface area contributed by atoms with Gasteiger partial charge in [0.25, 0.3) is 0 Å². The van der Waals surface area contributed by atoms with E-state index in [0.29, 0.717) is 25.9 Å². The lowest BCUT2D eigenvalue weighted by Crippen LogP contribution is -2.50. The van der Waals surface area contributed by atoms with E-state index in [1.807, 2.05) is 0 Å². The second-order valence-electron chi connectivity index (χ2n) is 6.17. The van der Waals surface area contributed by atoms with E-state index >= 15 is 0 Å². The van der Waals surface area contributed by atoms with Crippen molar-refractivity contribution >= 4 is 18.3 Å². The molecule has 1 aliphatic heterocycles. The van der Waals surface area contributed by atoms with Crippen molar-refractivity contribution in [2.75, 3.05) is 33.9 Å². The standard InChI is InChI=1S/C17H23F3N2O3.ClH/c1-24-11-16(5-7-21-8-6-16)15(23)22-10-12-3-4-13(25-2)9-14(12)17(18,19)20;/h3-4,9,21H,5-8,10-11H2,1-2H3,(H,22,23);1H. The summed E-state index contributed by atoms with van der Waals surface area (Å²) in [5.74, 6) is -0.156. The number of alkyl halides is 3. The number of carbonyl (C=O) groups is 1. The van der Waals surface area contributed by atoms with Gasteiger partial charge in [-0.3, -0.25) is 4.79 Å². The Bertz CT molecular complexity index is 600. The fourth-order valence-corrected chi connectivity index (χ4v) is 3.08. The van der Waals surface area contributed by atoms with E-state index in [2.05, 4.69) is 10.6 Å². The minimum Gasteiger partial charge on any atom is -0.497 e. The van der Waals surface area contributed by atoms with E-state index in [1.54, 1.807) is 0 Å². The minimum absolute atomic E-state index is 0. The molecule has 5 nitrogen and oxygen atoms in total. The van der Waals surface area contributed by atoms with Gasteiger partial charge < -0.3 is 20.1 Å². The van der Waals surface area contributed by atoms with E-state index in [-0.39, 0.29) is 42.8 Å². The summed E-state index contributed by atoms with van der Waals surface area (Å²) in [7, 11) is 2.82. The Morgan fingerprint density at radius 2 is 1.92 bits per heavy atom. The number of amides is 1. The largest absolute Gasteiger partial charge is 0.497 e. The molecule has 1 fully saturated rings. The van der Waals surface area contributed by atoms with Crippen molar-refractivity contribution < 1.29 is 27.4 Å². The summed E-state index contributed by atoms with van der Waals surface area (Å²) in [5.41, 5.74) is -1.51. The zero-order valence-corrected chi connectivity index (χ0v) is 15.6. The minimum atomic E-state index is -4.52. The predicted octanol–water partition coefficient (Wildman–Crippen LogP) is 2.77. The number of halogens is 4. The lowest BCUT2D eigenvalue weighted by molar-refractivity contribution is -0.140. The Balaban J connectivity index is 0.00000338. The maximum absolute atomic E-state index is 13.2. The summed E-state index contributed by atoms with van der Waals surface area (Å²) in [4.78, 5) is 12.6. The van der Waals surface area contributed by atoms with Crippen LogP contribution < -0.4 is 15.4 Å². The van der Waals surface area contributed by atoms with Crippen LogP contribution in [0.25, 0.3) is 0 Å². The van der Waals surface area contributed by atoms with Gasteiger partial charge in [-0.2, -0.15) is 13.2 Å². The Labute approximate surface area is 157 Å². The Kier molecular flexibility index (Phi) is 8.17. The van der Waals surface area contributed by atoms with Gasteiger partial charge in [0.15, 0.2) is 0 Å². The van der Waals surface area contributed by atoms with Gasteiger partial charge in [0.2, 0.25) is 5.91 Å². The first-order valence-electron chi connectivity index (χ1n) is 8.04. The van der Waals surface area contributed by atoms with Crippen molar-refractivity contribution in [2.24, 2.45) is 5.41 Å². The van der Waals surface area contributed by atoms with Crippen molar-refractivity contribution in [3.8, 4) is 5.75 Å². The maximum Gasteiger partial charge on any atom is 0.416 e. The molecule has 2 N–H and O–H groups in total. The molecule has 0 aromatic heterocycles. The number of piperidine rings is 1. The highest BCUT2D eigenvalue weighted by Crippen LogP contribution is 2.35. The summed E-state index contributed by atoms with van der Waals surface area (Å²) < 4.78 is 49.8. The number of hydrogen-bond acceptors (Lipinski definition) is 4. The number of hydrogen-bond donors (Lipinski definition) is 2. The van der Waals surface area contributed by atoms with Gasteiger partial charge in [-0.25, -0.2) is 0 Å². The number of benzene rings is 1. The molecular weight excluding hydrogens is 373 g/mol. The average molecular weight is 397 g/mol. The van der Waals surface area contributed by atoms with Gasteiger partial charge in [0.05, 0.1) is 24.7 Å². The van der Waals surface area contributed by atoms with Crippen LogP contribution in [-0.4, -0.2) is 39.8 Å². The molecule has 0 atom stereocenters. The molecule has 0 unspecified atom stereocenters. The fourth-order valence-electron chi connectivity index (χ4n) is 3.08. The van der Waals surface area contributed by atoms with Crippen LogP contribution >= 0.6 is 12.4 Å². The third kappa shape index (κ3) is 5.25. The molecular formula is C17H24ClF3N2O3. The molecule has 0 aliphatic carbocycles. The van der Waals surface area contributed by atoms with E-state index in [1.165, 1.54) is 26.4 Å². The monoisotopic (exact) mass is 396 g/mol. The molecule has 1 saturated heterocycles. The van der Waals surface area contributed by atoms with Crippen LogP contribution in [0.5, 0.6) is 5.75 Å². The molecule has 0 bridgehead atoms. The second-order valence-corrected chi connectivity index (χ2v) is 6.17. The Hall–Kier alpha value is -1.51. The van der Waals surface area contributed by atoms with Gasteiger partial charge in [-0.1, -0.05) is 6.07 Å². The molecule has 1 heterocycles. The maximum atomic E-state index is 13.2. The van der Waals surface area contributed by atoms with Crippen molar-refractivity contribution in [1.29, 1.82) is 0 Å². The van der Waals surface area contributed by atoms with Crippen molar-refractivity contribution in [1.82, 2.24) is 10.6 Å². The molecule has 0 radical (unpaired) electrons. The van der Waals surface area contributed by atoms with Crippen LogP contribution in [0.3, 0.4) is 0 Å². The van der Waals surface area contributed by atoms with Crippen LogP contribution in [0.4, 0.5) is 13.2 Å². The molecule has 0 spiro atoms. The molecule has 1 aliphatic rings.